The number of aromatic amines is 1. The molecular formula is C24H34N2O5. The number of likely N-dealkylation sites (tertiary alicyclic amines) is 1. The van der Waals surface area contributed by atoms with E-state index < -0.39 is 18.0 Å². The second kappa shape index (κ2) is 8.97. The van der Waals surface area contributed by atoms with Crippen LogP contribution in [0.5, 0.6) is 0 Å². The average molecular weight is 431 g/mol. The van der Waals surface area contributed by atoms with Crippen molar-refractivity contribution in [2.24, 2.45) is 17.8 Å². The highest BCUT2D eigenvalue weighted by molar-refractivity contribution is 6.05. The van der Waals surface area contributed by atoms with Gasteiger partial charge in [0.15, 0.2) is 11.9 Å². The molecule has 31 heavy (non-hydrogen) atoms. The Hall–Kier alpha value is -2.44. The number of nitrogens with one attached hydrogen (secondary N) is 1. The third-order valence-electron chi connectivity index (χ3n) is 7.25. The largest absolute Gasteiger partial charge is 0.454 e. The molecule has 1 N–H and O–H groups in total. The van der Waals surface area contributed by atoms with Gasteiger partial charge in [-0.1, -0.05) is 26.7 Å². The first-order chi connectivity index (χ1) is 14.5. The van der Waals surface area contributed by atoms with Crippen molar-refractivity contribution in [2.75, 3.05) is 6.54 Å². The summed E-state index contributed by atoms with van der Waals surface area (Å²) in [6.07, 6.45) is 2.37. The summed E-state index contributed by atoms with van der Waals surface area (Å²) in [4.78, 5) is 54.9. The zero-order chi connectivity index (χ0) is 23.0. The Labute approximate surface area is 183 Å². The summed E-state index contributed by atoms with van der Waals surface area (Å²) in [6, 6.07) is 0.169. The maximum Gasteiger partial charge on any atom is 0.311 e. The van der Waals surface area contributed by atoms with E-state index in [4.69, 9.17) is 4.74 Å². The van der Waals surface area contributed by atoms with E-state index in [1.54, 1.807) is 13.8 Å². The maximum atomic E-state index is 12.9. The van der Waals surface area contributed by atoms with Gasteiger partial charge in [0.25, 0.3) is 0 Å². The van der Waals surface area contributed by atoms with Crippen molar-refractivity contribution in [2.45, 2.75) is 79.4 Å². The molecule has 1 amide bonds. The number of Topliss-reactive ketones (excluding diaryl/α,β-unsaturated/α-hetero) is 2. The fourth-order valence-corrected chi connectivity index (χ4v) is 5.26. The average Bonchev–Trinajstić information content (AvgIpc) is 3.22. The van der Waals surface area contributed by atoms with Gasteiger partial charge in [-0.15, -0.1) is 0 Å². The van der Waals surface area contributed by atoms with E-state index in [9.17, 15) is 19.2 Å². The number of H-pyrrole nitrogens is 1. The quantitative estimate of drug-likeness (QED) is 0.549. The lowest BCUT2D eigenvalue weighted by Crippen LogP contribution is -2.45. The van der Waals surface area contributed by atoms with Crippen LogP contribution in [0, 0.1) is 31.6 Å². The summed E-state index contributed by atoms with van der Waals surface area (Å²) in [5.74, 6) is -0.602. The molecule has 1 aliphatic carbocycles. The van der Waals surface area contributed by atoms with E-state index >= 15 is 0 Å². The number of ether oxygens (including phenoxy) is 1. The van der Waals surface area contributed by atoms with Gasteiger partial charge in [-0.25, -0.2) is 0 Å². The second-order valence-electron chi connectivity index (χ2n) is 9.41. The number of nitrogens with zero attached hydrogens (tertiary/aromatic N) is 1. The Morgan fingerprint density at radius 3 is 2.45 bits per heavy atom. The maximum absolute atomic E-state index is 12.9. The Balaban J connectivity index is 1.65. The molecule has 0 aromatic carbocycles. The molecular weight excluding hydrogens is 396 g/mol. The van der Waals surface area contributed by atoms with Gasteiger partial charge in [0.1, 0.15) is 0 Å². The molecule has 5 atom stereocenters. The molecule has 0 bridgehead atoms. The van der Waals surface area contributed by atoms with Crippen molar-refractivity contribution in [3.8, 4) is 0 Å². The molecule has 2 aliphatic rings. The van der Waals surface area contributed by atoms with Crippen LogP contribution in [-0.4, -0.2) is 52.0 Å². The summed E-state index contributed by atoms with van der Waals surface area (Å²) in [5, 5.41) is 0. The molecule has 170 valence electrons. The number of carbonyl (C=O) groups is 4. The molecule has 1 aromatic rings. The molecule has 7 heteroatoms. The molecule has 7 nitrogen and oxygen atoms in total. The minimum absolute atomic E-state index is 0.00573. The van der Waals surface area contributed by atoms with E-state index in [1.165, 1.54) is 20.3 Å². The van der Waals surface area contributed by atoms with E-state index in [1.807, 2.05) is 4.90 Å². The lowest BCUT2D eigenvalue weighted by molar-refractivity contribution is -0.151. The van der Waals surface area contributed by atoms with Gasteiger partial charge in [-0.3, -0.25) is 19.2 Å². The van der Waals surface area contributed by atoms with Gasteiger partial charge in [0.2, 0.25) is 11.7 Å². The first kappa shape index (κ1) is 23.2. The van der Waals surface area contributed by atoms with Gasteiger partial charge < -0.3 is 14.6 Å². The van der Waals surface area contributed by atoms with Crippen LogP contribution >= 0.6 is 0 Å². The van der Waals surface area contributed by atoms with Crippen molar-refractivity contribution >= 4 is 23.4 Å². The zero-order valence-corrected chi connectivity index (χ0v) is 19.4. The normalized spacial score (nSPS) is 27.3. The number of aryl methyl sites for hydroxylation is 1. The molecule has 0 unspecified atom stereocenters. The molecule has 3 rings (SSSR count). The predicted molar refractivity (Wildman–Crippen MR) is 116 cm³/mol. The summed E-state index contributed by atoms with van der Waals surface area (Å²) >= 11 is 0. The fraction of sp³-hybridized carbons (Fsp3) is 0.667. The number of hydrogen-bond acceptors (Lipinski definition) is 5. The third kappa shape index (κ3) is 4.46. The number of esters is 1. The van der Waals surface area contributed by atoms with Gasteiger partial charge in [0.05, 0.1) is 11.6 Å². The first-order valence-electron chi connectivity index (χ1n) is 11.3. The Bertz CT molecular complexity index is 902. The fourth-order valence-electron chi connectivity index (χ4n) is 5.26. The van der Waals surface area contributed by atoms with Crippen LogP contribution in [0.2, 0.25) is 0 Å². The summed E-state index contributed by atoms with van der Waals surface area (Å²) in [7, 11) is 0. The molecule has 1 saturated carbocycles. The molecule has 2 fully saturated rings. The van der Waals surface area contributed by atoms with Crippen LogP contribution in [0.25, 0.3) is 0 Å². The van der Waals surface area contributed by atoms with Gasteiger partial charge in [-0.05, 0) is 51.5 Å². The molecule has 0 spiro atoms. The highest BCUT2D eigenvalue weighted by atomic mass is 16.5. The first-order valence-corrected chi connectivity index (χ1v) is 11.3. The van der Waals surface area contributed by atoms with Crippen molar-refractivity contribution in [3.63, 3.8) is 0 Å². The van der Waals surface area contributed by atoms with Crippen molar-refractivity contribution in [1.29, 1.82) is 0 Å². The molecule has 1 aromatic heterocycles. The number of amides is 1. The van der Waals surface area contributed by atoms with E-state index in [-0.39, 0.29) is 35.6 Å². The second-order valence-corrected chi connectivity index (χ2v) is 9.41. The minimum atomic E-state index is -0.998. The number of ketones is 2. The van der Waals surface area contributed by atoms with Gasteiger partial charge >= 0.3 is 5.97 Å². The molecule has 0 radical (unpaired) electrons. The van der Waals surface area contributed by atoms with E-state index in [0.717, 1.165) is 12.8 Å². The van der Waals surface area contributed by atoms with Crippen LogP contribution in [0.15, 0.2) is 0 Å². The highest BCUT2D eigenvalue weighted by Gasteiger charge is 2.42. The van der Waals surface area contributed by atoms with Crippen molar-refractivity contribution in [3.05, 3.63) is 22.5 Å². The molecule has 1 aliphatic heterocycles. The van der Waals surface area contributed by atoms with Crippen molar-refractivity contribution in [1.82, 2.24) is 9.88 Å². The van der Waals surface area contributed by atoms with Crippen LogP contribution in [0.4, 0.5) is 0 Å². The zero-order valence-electron chi connectivity index (χ0n) is 19.4. The Kier molecular flexibility index (Phi) is 6.72. The van der Waals surface area contributed by atoms with Crippen LogP contribution in [0.3, 0.4) is 0 Å². The molecule has 1 saturated heterocycles. The SMILES string of the molecule is CC(=O)c1c(C)[nH]c(C(=O)[C@@H](C)OC(=O)[C@H]2CC(=O)N([C@@H]3CCC[C@H](C)[C@@H]3C)C2)c1C. The Morgan fingerprint density at radius 1 is 1.16 bits per heavy atom. The van der Waals surface area contributed by atoms with Crippen LogP contribution < -0.4 is 0 Å². The smallest absolute Gasteiger partial charge is 0.311 e. The standard InChI is InChI=1S/C24H34N2O5/c1-12-8-7-9-19(13(12)2)26-11-18(10-20(26)28)24(30)31-17(6)23(29)22-14(3)21(16(5)27)15(4)25-22/h12-13,17-19,25H,7-11H2,1-6H3/t12-,13-,17+,18-,19+/m0/s1. The predicted octanol–water partition coefficient (Wildman–Crippen LogP) is 3.62. The lowest BCUT2D eigenvalue weighted by atomic mass is 9.77. The summed E-state index contributed by atoms with van der Waals surface area (Å²) in [5.41, 5.74) is 1.98. The number of hydrogen-bond donors (Lipinski definition) is 1. The number of rotatable bonds is 6. The lowest BCUT2D eigenvalue weighted by Gasteiger charge is -2.39. The summed E-state index contributed by atoms with van der Waals surface area (Å²) in [6.45, 7) is 11.2. The van der Waals surface area contributed by atoms with Gasteiger partial charge in [0, 0.05) is 30.3 Å². The Morgan fingerprint density at radius 2 is 1.84 bits per heavy atom. The summed E-state index contributed by atoms with van der Waals surface area (Å²) < 4.78 is 5.47. The number of aromatic nitrogens is 1. The van der Waals surface area contributed by atoms with E-state index in [2.05, 4.69) is 18.8 Å². The van der Waals surface area contributed by atoms with Crippen LogP contribution in [-0.2, 0) is 14.3 Å². The van der Waals surface area contributed by atoms with Crippen LogP contribution in [0.1, 0.15) is 85.5 Å². The molecule has 2 heterocycles. The number of carbonyl (C=O) groups excluding carboxylic acids is 4. The monoisotopic (exact) mass is 430 g/mol. The van der Waals surface area contributed by atoms with E-state index in [0.29, 0.717) is 35.2 Å². The highest BCUT2D eigenvalue weighted by Crippen LogP contribution is 2.36. The minimum Gasteiger partial charge on any atom is -0.454 e. The van der Waals surface area contributed by atoms with Crippen molar-refractivity contribution < 1.29 is 23.9 Å². The third-order valence-corrected chi connectivity index (χ3v) is 7.25. The van der Waals surface area contributed by atoms with Gasteiger partial charge in [-0.2, -0.15) is 0 Å². The topological polar surface area (TPSA) is 96.5 Å².